The van der Waals surface area contributed by atoms with Crippen LogP contribution in [0.1, 0.15) is 12.5 Å². The Bertz CT molecular complexity index is 425. The van der Waals surface area contributed by atoms with Gasteiger partial charge in [0.05, 0.1) is 18.5 Å². The first-order valence-electron chi connectivity index (χ1n) is 5.27. The van der Waals surface area contributed by atoms with Crippen LogP contribution >= 0.6 is 0 Å². The summed E-state index contributed by atoms with van der Waals surface area (Å²) in [7, 11) is -2.87. The van der Waals surface area contributed by atoms with Crippen LogP contribution in [0.4, 0.5) is 0 Å². The summed E-state index contributed by atoms with van der Waals surface area (Å²) in [6.07, 6.45) is 5.02. The van der Waals surface area contributed by atoms with Crippen molar-refractivity contribution in [3.8, 4) is 0 Å². The van der Waals surface area contributed by atoms with Gasteiger partial charge in [0, 0.05) is 25.0 Å². The number of aryl methyl sites for hydroxylation is 1. The Hall–Kier alpha value is -0.880. The molecule has 0 saturated heterocycles. The van der Waals surface area contributed by atoms with E-state index in [0.717, 1.165) is 12.1 Å². The second-order valence-electron chi connectivity index (χ2n) is 4.22. The molecule has 1 aromatic heterocycles. The summed E-state index contributed by atoms with van der Waals surface area (Å²) < 4.78 is 23.7. The molecule has 1 heterocycles. The standard InChI is InChI=1S/C10H19N3O2S/c1-9-6-12-13(7-9)8-10(2)11-4-5-16(3,14)15/h6-7,10-11H,4-5,8H2,1-3H3/t10-/m1/s1. The van der Waals surface area contributed by atoms with Crippen molar-refractivity contribution in [2.45, 2.75) is 26.4 Å². The fourth-order valence-electron chi connectivity index (χ4n) is 1.40. The molecular formula is C10H19N3O2S. The second kappa shape index (κ2) is 5.45. The lowest BCUT2D eigenvalue weighted by Gasteiger charge is -2.13. The van der Waals surface area contributed by atoms with E-state index in [-0.39, 0.29) is 11.8 Å². The van der Waals surface area contributed by atoms with Crippen molar-refractivity contribution in [3.63, 3.8) is 0 Å². The molecule has 0 aromatic carbocycles. The fraction of sp³-hybridized carbons (Fsp3) is 0.700. The molecule has 1 rings (SSSR count). The summed E-state index contributed by atoms with van der Waals surface area (Å²) in [6.45, 7) is 5.24. The lowest BCUT2D eigenvalue weighted by atomic mass is 10.3. The van der Waals surface area contributed by atoms with Crippen LogP contribution in [-0.2, 0) is 16.4 Å². The highest BCUT2D eigenvalue weighted by atomic mass is 32.2. The number of nitrogens with zero attached hydrogens (tertiary/aromatic N) is 2. The molecule has 0 radical (unpaired) electrons. The molecule has 0 fully saturated rings. The highest BCUT2D eigenvalue weighted by Crippen LogP contribution is 1.96. The molecule has 1 atom stereocenters. The van der Waals surface area contributed by atoms with E-state index in [4.69, 9.17) is 0 Å². The topological polar surface area (TPSA) is 64.0 Å². The van der Waals surface area contributed by atoms with E-state index in [2.05, 4.69) is 10.4 Å². The summed E-state index contributed by atoms with van der Waals surface area (Å²) in [5, 5.41) is 7.33. The molecule has 0 aliphatic heterocycles. The summed E-state index contributed by atoms with van der Waals surface area (Å²) in [6, 6.07) is 0.209. The lowest BCUT2D eigenvalue weighted by molar-refractivity contribution is 0.461. The highest BCUT2D eigenvalue weighted by Gasteiger charge is 2.06. The van der Waals surface area contributed by atoms with Gasteiger partial charge in [-0.2, -0.15) is 5.10 Å². The van der Waals surface area contributed by atoms with Crippen LogP contribution in [0.3, 0.4) is 0 Å². The van der Waals surface area contributed by atoms with Crippen molar-refractivity contribution in [2.75, 3.05) is 18.6 Å². The number of sulfone groups is 1. The summed E-state index contributed by atoms with van der Waals surface area (Å²) in [5.74, 6) is 0.176. The molecule has 0 amide bonds. The Balaban J connectivity index is 2.29. The van der Waals surface area contributed by atoms with E-state index >= 15 is 0 Å². The van der Waals surface area contributed by atoms with Crippen LogP contribution in [-0.4, -0.2) is 42.8 Å². The third-order valence-corrected chi connectivity index (χ3v) is 3.13. The van der Waals surface area contributed by atoms with Crippen LogP contribution in [0.15, 0.2) is 12.4 Å². The third kappa shape index (κ3) is 5.27. The zero-order chi connectivity index (χ0) is 12.2. The molecule has 0 unspecified atom stereocenters. The largest absolute Gasteiger partial charge is 0.311 e. The monoisotopic (exact) mass is 245 g/mol. The number of hydrogen-bond donors (Lipinski definition) is 1. The normalized spacial score (nSPS) is 13.9. The molecular weight excluding hydrogens is 226 g/mol. The van der Waals surface area contributed by atoms with Crippen LogP contribution in [0, 0.1) is 6.92 Å². The van der Waals surface area contributed by atoms with E-state index in [9.17, 15) is 8.42 Å². The van der Waals surface area contributed by atoms with Gasteiger partial charge in [-0.05, 0) is 19.4 Å². The van der Waals surface area contributed by atoms with Gasteiger partial charge in [0.2, 0.25) is 0 Å². The first-order valence-corrected chi connectivity index (χ1v) is 7.33. The van der Waals surface area contributed by atoms with Crippen molar-refractivity contribution in [3.05, 3.63) is 18.0 Å². The second-order valence-corrected chi connectivity index (χ2v) is 6.48. The Morgan fingerprint density at radius 3 is 2.75 bits per heavy atom. The predicted octanol–water partition coefficient (Wildman–Crippen LogP) is 0.214. The molecule has 5 nitrogen and oxygen atoms in total. The number of rotatable bonds is 6. The van der Waals surface area contributed by atoms with Gasteiger partial charge in [0.1, 0.15) is 9.84 Å². The van der Waals surface area contributed by atoms with Gasteiger partial charge in [-0.25, -0.2) is 8.42 Å². The number of nitrogens with one attached hydrogen (secondary N) is 1. The lowest BCUT2D eigenvalue weighted by Crippen LogP contribution is -2.34. The maximum atomic E-state index is 10.9. The van der Waals surface area contributed by atoms with Crippen LogP contribution < -0.4 is 5.32 Å². The fourth-order valence-corrected chi connectivity index (χ4v) is 1.89. The smallest absolute Gasteiger partial charge is 0.148 e. The van der Waals surface area contributed by atoms with Crippen LogP contribution in [0.2, 0.25) is 0 Å². The molecule has 6 heteroatoms. The van der Waals surface area contributed by atoms with Gasteiger partial charge >= 0.3 is 0 Å². The van der Waals surface area contributed by atoms with Crippen molar-refractivity contribution in [1.82, 2.24) is 15.1 Å². The molecule has 16 heavy (non-hydrogen) atoms. The molecule has 0 bridgehead atoms. The van der Waals surface area contributed by atoms with E-state index < -0.39 is 9.84 Å². The maximum Gasteiger partial charge on any atom is 0.148 e. The SMILES string of the molecule is Cc1cnn(C[C@@H](C)NCCS(C)(=O)=O)c1. The number of aromatic nitrogens is 2. The van der Waals surface area contributed by atoms with E-state index in [1.54, 1.807) is 0 Å². The maximum absolute atomic E-state index is 10.9. The van der Waals surface area contributed by atoms with E-state index in [1.807, 2.05) is 30.9 Å². The molecule has 0 aliphatic carbocycles. The van der Waals surface area contributed by atoms with Crippen molar-refractivity contribution < 1.29 is 8.42 Å². The van der Waals surface area contributed by atoms with Crippen molar-refractivity contribution in [2.24, 2.45) is 0 Å². The molecule has 0 aliphatic rings. The minimum Gasteiger partial charge on any atom is -0.311 e. The summed E-state index contributed by atoms with van der Waals surface area (Å²) >= 11 is 0. The Kier molecular flexibility index (Phi) is 4.49. The van der Waals surface area contributed by atoms with Gasteiger partial charge in [-0.1, -0.05) is 0 Å². The average Bonchev–Trinajstić information content (AvgIpc) is 2.48. The van der Waals surface area contributed by atoms with Gasteiger partial charge in [0.25, 0.3) is 0 Å². The van der Waals surface area contributed by atoms with Gasteiger partial charge in [0.15, 0.2) is 0 Å². The Morgan fingerprint density at radius 2 is 2.25 bits per heavy atom. The van der Waals surface area contributed by atoms with Crippen molar-refractivity contribution >= 4 is 9.84 Å². The summed E-state index contributed by atoms with van der Waals surface area (Å²) in [4.78, 5) is 0. The summed E-state index contributed by atoms with van der Waals surface area (Å²) in [5.41, 5.74) is 1.13. The molecule has 1 aromatic rings. The van der Waals surface area contributed by atoms with E-state index in [0.29, 0.717) is 6.54 Å². The van der Waals surface area contributed by atoms with Crippen LogP contribution in [0.5, 0.6) is 0 Å². The first kappa shape index (κ1) is 13.2. The highest BCUT2D eigenvalue weighted by molar-refractivity contribution is 7.90. The zero-order valence-corrected chi connectivity index (χ0v) is 10.8. The molecule has 1 N–H and O–H groups in total. The molecule has 0 saturated carbocycles. The number of hydrogen-bond acceptors (Lipinski definition) is 4. The predicted molar refractivity (Wildman–Crippen MR) is 64.1 cm³/mol. The average molecular weight is 245 g/mol. The Labute approximate surface area is 96.8 Å². The first-order chi connectivity index (χ1) is 7.37. The quantitative estimate of drug-likeness (QED) is 0.778. The van der Waals surface area contributed by atoms with Crippen molar-refractivity contribution in [1.29, 1.82) is 0 Å². The zero-order valence-electron chi connectivity index (χ0n) is 9.97. The minimum absolute atomic E-state index is 0.176. The van der Waals surface area contributed by atoms with Crippen LogP contribution in [0.25, 0.3) is 0 Å². The van der Waals surface area contributed by atoms with Gasteiger partial charge < -0.3 is 5.32 Å². The molecule has 92 valence electrons. The van der Waals surface area contributed by atoms with E-state index in [1.165, 1.54) is 6.26 Å². The Morgan fingerprint density at radius 1 is 1.56 bits per heavy atom. The third-order valence-electron chi connectivity index (χ3n) is 2.19. The molecule has 0 spiro atoms. The minimum atomic E-state index is -2.87. The van der Waals surface area contributed by atoms with Gasteiger partial charge in [-0.3, -0.25) is 4.68 Å². The van der Waals surface area contributed by atoms with Gasteiger partial charge in [-0.15, -0.1) is 0 Å².